The van der Waals surface area contributed by atoms with Gasteiger partial charge < -0.3 is 10.1 Å². The van der Waals surface area contributed by atoms with Crippen molar-refractivity contribution in [2.24, 2.45) is 17.3 Å². The van der Waals surface area contributed by atoms with Gasteiger partial charge in [-0.3, -0.25) is 14.4 Å². The van der Waals surface area contributed by atoms with Crippen LogP contribution in [0.25, 0.3) is 0 Å². The van der Waals surface area contributed by atoms with Crippen LogP contribution in [0, 0.1) is 17.3 Å². The summed E-state index contributed by atoms with van der Waals surface area (Å²) >= 11 is 0. The summed E-state index contributed by atoms with van der Waals surface area (Å²) in [6.45, 7) is 1.89. The average molecular weight is 325 g/mol. The average Bonchev–Trinajstić information content (AvgIpc) is 2.80. The predicted octanol–water partition coefficient (Wildman–Crippen LogP) is 1.73. The molecule has 1 saturated heterocycles. The van der Waals surface area contributed by atoms with Crippen LogP contribution in [0.4, 0.5) is 0 Å². The van der Waals surface area contributed by atoms with E-state index < -0.39 is 28.6 Å². The van der Waals surface area contributed by atoms with Crippen LogP contribution in [0.1, 0.15) is 25.3 Å². The number of fused-ring (bicyclic) bond motifs is 4. The molecule has 24 heavy (non-hydrogen) atoms. The van der Waals surface area contributed by atoms with Crippen molar-refractivity contribution in [2.75, 3.05) is 6.61 Å². The largest absolute Gasteiger partial charge is 0.465 e. The van der Waals surface area contributed by atoms with Crippen LogP contribution in [-0.4, -0.2) is 24.3 Å². The number of benzene rings is 1. The monoisotopic (exact) mass is 325 g/mol. The summed E-state index contributed by atoms with van der Waals surface area (Å²) in [4.78, 5) is 38.2. The molecule has 0 aromatic heterocycles. The molecule has 5 heteroatoms. The lowest BCUT2D eigenvalue weighted by atomic mass is 9.39. The normalized spacial score (nSPS) is 36.4. The molecule has 0 bridgehead atoms. The predicted molar refractivity (Wildman–Crippen MR) is 85.7 cm³/mol. The molecule has 3 aliphatic rings. The summed E-state index contributed by atoms with van der Waals surface area (Å²) in [5, 5.41) is 2.87. The van der Waals surface area contributed by atoms with E-state index in [1.165, 1.54) is 0 Å². The van der Waals surface area contributed by atoms with Crippen molar-refractivity contribution in [3.05, 3.63) is 48.0 Å². The van der Waals surface area contributed by atoms with E-state index in [9.17, 15) is 14.4 Å². The summed E-state index contributed by atoms with van der Waals surface area (Å²) < 4.78 is 5.29. The third-order valence-electron chi connectivity index (χ3n) is 5.80. The van der Waals surface area contributed by atoms with Crippen LogP contribution in [-0.2, 0) is 24.7 Å². The maximum absolute atomic E-state index is 13.0. The third kappa shape index (κ3) is 1.48. The second-order valence-corrected chi connectivity index (χ2v) is 6.62. The molecule has 1 heterocycles. The molecule has 1 aromatic rings. The fourth-order valence-electron chi connectivity index (χ4n) is 5.01. The van der Waals surface area contributed by atoms with Crippen molar-refractivity contribution in [3.63, 3.8) is 0 Å². The molecule has 2 fully saturated rings. The molecular formula is C19H19NO4. The van der Waals surface area contributed by atoms with E-state index in [0.717, 1.165) is 12.0 Å². The summed E-state index contributed by atoms with van der Waals surface area (Å²) in [6, 6.07) is 9.32. The van der Waals surface area contributed by atoms with Crippen molar-refractivity contribution in [3.8, 4) is 0 Å². The molecule has 1 aromatic carbocycles. The molecule has 4 rings (SSSR count). The van der Waals surface area contributed by atoms with E-state index in [1.54, 1.807) is 6.92 Å². The molecular weight excluding hydrogens is 306 g/mol. The van der Waals surface area contributed by atoms with Gasteiger partial charge in [0.1, 0.15) is 0 Å². The number of amides is 1. The van der Waals surface area contributed by atoms with Crippen LogP contribution in [0.3, 0.4) is 0 Å². The highest BCUT2D eigenvalue weighted by atomic mass is 16.5. The Hall–Kier alpha value is -2.43. The van der Waals surface area contributed by atoms with Gasteiger partial charge in [-0.2, -0.15) is 0 Å². The van der Waals surface area contributed by atoms with Crippen molar-refractivity contribution in [1.82, 2.24) is 5.32 Å². The molecule has 5 nitrogen and oxygen atoms in total. The van der Waals surface area contributed by atoms with Gasteiger partial charge in [0.25, 0.3) is 5.91 Å². The van der Waals surface area contributed by atoms with Crippen molar-refractivity contribution in [2.45, 2.75) is 25.3 Å². The Morgan fingerprint density at radius 3 is 2.75 bits per heavy atom. The minimum absolute atomic E-state index is 0.0755. The minimum Gasteiger partial charge on any atom is -0.465 e. The fourth-order valence-corrected chi connectivity index (χ4v) is 5.01. The SMILES string of the molecule is CCOC(=O)[C@]12C(=O)C(=O)N[C@@]1(c1ccccc1)C1C=CCCC12. The molecule has 1 saturated carbocycles. The number of hydrogen-bond acceptors (Lipinski definition) is 4. The zero-order chi connectivity index (χ0) is 16.9. The standard InChI is InChI=1S/C19H19NO4/c1-2-24-17(23)18-13-10-6-7-11-14(13)19(18,20-16(22)15(18)21)12-8-4-3-5-9-12/h3-5,7-9,11,13-14H,2,6,10H2,1H3,(H,20,22)/t13?,14?,18-,19-/m0/s1. The van der Waals surface area contributed by atoms with E-state index in [4.69, 9.17) is 4.74 Å². The van der Waals surface area contributed by atoms with E-state index in [0.29, 0.717) is 6.42 Å². The summed E-state index contributed by atoms with van der Waals surface area (Å²) in [7, 11) is 0. The zero-order valence-electron chi connectivity index (χ0n) is 13.5. The van der Waals surface area contributed by atoms with Gasteiger partial charge >= 0.3 is 5.97 Å². The second-order valence-electron chi connectivity index (χ2n) is 6.62. The van der Waals surface area contributed by atoms with Crippen molar-refractivity contribution < 1.29 is 19.1 Å². The first-order chi connectivity index (χ1) is 11.6. The fraction of sp³-hybridized carbons (Fsp3) is 0.421. The van der Waals surface area contributed by atoms with Crippen molar-refractivity contribution in [1.29, 1.82) is 0 Å². The van der Waals surface area contributed by atoms with Gasteiger partial charge in [0.2, 0.25) is 5.78 Å². The van der Waals surface area contributed by atoms with Crippen LogP contribution >= 0.6 is 0 Å². The van der Waals surface area contributed by atoms with Crippen LogP contribution in [0.2, 0.25) is 0 Å². The van der Waals surface area contributed by atoms with Crippen LogP contribution in [0.5, 0.6) is 0 Å². The highest BCUT2D eigenvalue weighted by Gasteiger charge is 2.84. The Bertz CT molecular complexity index is 756. The minimum atomic E-state index is -1.45. The van der Waals surface area contributed by atoms with Crippen LogP contribution in [0.15, 0.2) is 42.5 Å². The first-order valence-corrected chi connectivity index (χ1v) is 8.37. The number of esters is 1. The quantitative estimate of drug-likeness (QED) is 0.397. The Labute approximate surface area is 140 Å². The first kappa shape index (κ1) is 15.1. The van der Waals surface area contributed by atoms with Gasteiger partial charge in [0.15, 0.2) is 5.41 Å². The Morgan fingerprint density at radius 2 is 2.04 bits per heavy atom. The third-order valence-corrected chi connectivity index (χ3v) is 5.80. The number of ketones is 1. The Morgan fingerprint density at radius 1 is 1.29 bits per heavy atom. The smallest absolute Gasteiger partial charge is 0.323 e. The zero-order valence-corrected chi connectivity index (χ0v) is 13.5. The van der Waals surface area contributed by atoms with Gasteiger partial charge in [0, 0.05) is 5.92 Å². The number of carbonyl (C=O) groups excluding carboxylic acids is 3. The highest BCUT2D eigenvalue weighted by Crippen LogP contribution is 2.69. The van der Waals surface area contributed by atoms with E-state index in [2.05, 4.69) is 11.4 Å². The summed E-state index contributed by atoms with van der Waals surface area (Å²) in [6.07, 6.45) is 5.61. The number of ether oxygens (including phenoxy) is 1. The molecule has 0 spiro atoms. The van der Waals surface area contributed by atoms with Crippen LogP contribution < -0.4 is 5.32 Å². The van der Waals surface area contributed by atoms with E-state index in [1.807, 2.05) is 36.4 Å². The number of allylic oxidation sites excluding steroid dienone is 1. The molecule has 1 aliphatic heterocycles. The number of carbonyl (C=O) groups is 3. The first-order valence-electron chi connectivity index (χ1n) is 8.37. The molecule has 2 aliphatic carbocycles. The van der Waals surface area contributed by atoms with Gasteiger partial charge in [-0.05, 0) is 31.2 Å². The van der Waals surface area contributed by atoms with E-state index >= 15 is 0 Å². The number of Topliss-reactive ketones (excluding diaryl/α,β-unsaturated/α-hetero) is 1. The molecule has 0 radical (unpaired) electrons. The second kappa shape index (κ2) is 5.03. The molecule has 2 unspecified atom stereocenters. The molecule has 4 atom stereocenters. The lowest BCUT2D eigenvalue weighted by Gasteiger charge is -2.63. The molecule has 1 N–H and O–H groups in total. The number of rotatable bonds is 3. The maximum atomic E-state index is 13.0. The Kier molecular flexibility index (Phi) is 3.17. The van der Waals surface area contributed by atoms with Gasteiger partial charge in [-0.15, -0.1) is 0 Å². The topological polar surface area (TPSA) is 72.5 Å². The van der Waals surface area contributed by atoms with Gasteiger partial charge in [-0.1, -0.05) is 42.5 Å². The summed E-state index contributed by atoms with van der Waals surface area (Å²) in [5.41, 5.74) is -1.70. The molecule has 124 valence electrons. The Balaban J connectivity index is 1.97. The number of nitrogens with one attached hydrogen (secondary N) is 1. The number of hydrogen-bond donors (Lipinski definition) is 1. The van der Waals surface area contributed by atoms with Crippen molar-refractivity contribution >= 4 is 17.7 Å². The lowest BCUT2D eigenvalue weighted by molar-refractivity contribution is -0.194. The van der Waals surface area contributed by atoms with Gasteiger partial charge in [0.05, 0.1) is 12.1 Å². The van der Waals surface area contributed by atoms with Gasteiger partial charge in [-0.25, -0.2) is 0 Å². The lowest BCUT2D eigenvalue weighted by Crippen LogP contribution is -2.74. The molecule has 1 amide bonds. The maximum Gasteiger partial charge on any atom is 0.323 e. The van der Waals surface area contributed by atoms with E-state index in [-0.39, 0.29) is 18.4 Å². The summed E-state index contributed by atoms with van der Waals surface area (Å²) in [5.74, 6) is -2.19. The highest BCUT2D eigenvalue weighted by molar-refractivity contribution is 6.46.